The van der Waals surface area contributed by atoms with E-state index in [4.69, 9.17) is 4.74 Å². The molecule has 1 atom stereocenters. The minimum atomic E-state index is -0.421. The highest BCUT2D eigenvalue weighted by molar-refractivity contribution is 6.00. The van der Waals surface area contributed by atoms with Crippen molar-refractivity contribution in [2.75, 3.05) is 24.6 Å². The van der Waals surface area contributed by atoms with Crippen molar-refractivity contribution in [3.63, 3.8) is 0 Å². The van der Waals surface area contributed by atoms with Gasteiger partial charge in [-0.3, -0.25) is 9.59 Å². The van der Waals surface area contributed by atoms with Crippen molar-refractivity contribution in [1.29, 1.82) is 0 Å². The van der Waals surface area contributed by atoms with Crippen molar-refractivity contribution < 1.29 is 19.1 Å². The van der Waals surface area contributed by atoms with Gasteiger partial charge < -0.3 is 15.0 Å². The van der Waals surface area contributed by atoms with Crippen molar-refractivity contribution in [2.45, 2.75) is 13.3 Å². The summed E-state index contributed by atoms with van der Waals surface area (Å²) in [4.78, 5) is 38.0. The Kier molecular flexibility index (Phi) is 5.86. The molecule has 3 rings (SSSR count). The van der Waals surface area contributed by atoms with Crippen LogP contribution in [-0.4, -0.2) is 37.5 Å². The number of para-hydroxylation sites is 1. The average molecular weight is 366 g/mol. The van der Waals surface area contributed by atoms with Crippen molar-refractivity contribution in [1.82, 2.24) is 5.32 Å². The molecule has 0 radical (unpaired) electrons. The minimum Gasteiger partial charge on any atom is -0.460 e. The lowest BCUT2D eigenvalue weighted by Crippen LogP contribution is -2.35. The van der Waals surface area contributed by atoms with Gasteiger partial charge in [0.15, 0.2) is 0 Å². The maximum atomic E-state index is 12.3. The molecule has 0 aromatic heterocycles. The average Bonchev–Trinajstić information content (AvgIpc) is 3.08. The summed E-state index contributed by atoms with van der Waals surface area (Å²) < 4.78 is 5.16. The van der Waals surface area contributed by atoms with Gasteiger partial charge in [-0.1, -0.05) is 35.9 Å². The largest absolute Gasteiger partial charge is 0.460 e. The summed E-state index contributed by atoms with van der Waals surface area (Å²) in [5, 5.41) is 2.74. The van der Waals surface area contributed by atoms with E-state index in [1.165, 1.54) is 0 Å². The first kappa shape index (κ1) is 18.6. The van der Waals surface area contributed by atoms with Crippen LogP contribution in [0.15, 0.2) is 54.6 Å². The van der Waals surface area contributed by atoms with E-state index in [1.54, 1.807) is 17.0 Å². The first-order valence-electron chi connectivity index (χ1n) is 8.91. The quantitative estimate of drug-likeness (QED) is 0.629. The third kappa shape index (κ3) is 4.73. The van der Waals surface area contributed by atoms with Crippen LogP contribution in [0, 0.1) is 12.8 Å². The molecule has 6 heteroatoms. The summed E-state index contributed by atoms with van der Waals surface area (Å²) >= 11 is 0. The predicted octanol–water partition coefficient (Wildman–Crippen LogP) is 2.32. The molecule has 1 heterocycles. The molecule has 27 heavy (non-hydrogen) atoms. The summed E-state index contributed by atoms with van der Waals surface area (Å²) in [6.07, 6.45) is 0.184. The fourth-order valence-electron chi connectivity index (χ4n) is 2.98. The molecule has 0 bridgehead atoms. The van der Waals surface area contributed by atoms with E-state index >= 15 is 0 Å². The van der Waals surface area contributed by atoms with Crippen LogP contribution in [-0.2, 0) is 14.3 Å². The Labute approximate surface area is 158 Å². The van der Waals surface area contributed by atoms with Gasteiger partial charge in [0.25, 0.3) is 0 Å². The molecule has 0 saturated carbocycles. The van der Waals surface area contributed by atoms with Gasteiger partial charge in [0.05, 0.1) is 18.0 Å². The van der Waals surface area contributed by atoms with Gasteiger partial charge in [0, 0.05) is 18.7 Å². The van der Waals surface area contributed by atoms with E-state index in [-0.39, 0.29) is 31.4 Å². The number of nitrogens with zero attached hydrogens (tertiary/aromatic N) is 1. The SMILES string of the molecule is Cc1ccc(C(=O)OCCNC(=O)[C@H]2CC(=O)N(c3ccccc3)C2)cc1. The van der Waals surface area contributed by atoms with Gasteiger partial charge in [-0.15, -0.1) is 0 Å². The fourth-order valence-corrected chi connectivity index (χ4v) is 2.98. The van der Waals surface area contributed by atoms with Crippen LogP contribution in [0.1, 0.15) is 22.3 Å². The predicted molar refractivity (Wildman–Crippen MR) is 101 cm³/mol. The van der Waals surface area contributed by atoms with Crippen molar-refractivity contribution in [3.05, 3.63) is 65.7 Å². The second kappa shape index (κ2) is 8.49. The standard InChI is InChI=1S/C21H22N2O4/c1-15-7-9-16(10-8-15)21(26)27-12-11-22-20(25)17-13-19(24)23(14-17)18-5-3-2-4-6-18/h2-10,17H,11-14H2,1H3,(H,22,25)/t17-/m0/s1. The summed E-state index contributed by atoms with van der Waals surface area (Å²) in [7, 11) is 0. The van der Waals surface area contributed by atoms with E-state index in [9.17, 15) is 14.4 Å². The molecule has 140 valence electrons. The van der Waals surface area contributed by atoms with E-state index < -0.39 is 11.9 Å². The Morgan fingerprint density at radius 2 is 1.81 bits per heavy atom. The number of esters is 1. The number of hydrogen-bond donors (Lipinski definition) is 1. The number of benzene rings is 2. The smallest absolute Gasteiger partial charge is 0.338 e. The third-order valence-corrected chi connectivity index (χ3v) is 4.49. The Bertz CT molecular complexity index is 818. The number of rotatable bonds is 6. The Hall–Kier alpha value is -3.15. The van der Waals surface area contributed by atoms with Crippen LogP contribution in [0.2, 0.25) is 0 Å². The van der Waals surface area contributed by atoms with Crippen LogP contribution in [0.25, 0.3) is 0 Å². The molecule has 1 aliphatic heterocycles. The van der Waals surface area contributed by atoms with Crippen LogP contribution >= 0.6 is 0 Å². The number of anilines is 1. The maximum Gasteiger partial charge on any atom is 0.338 e. The third-order valence-electron chi connectivity index (χ3n) is 4.49. The zero-order valence-corrected chi connectivity index (χ0v) is 15.2. The second-order valence-electron chi connectivity index (χ2n) is 6.53. The van der Waals surface area contributed by atoms with E-state index in [2.05, 4.69) is 5.32 Å². The zero-order valence-electron chi connectivity index (χ0n) is 15.2. The van der Waals surface area contributed by atoms with Crippen molar-refractivity contribution in [2.24, 2.45) is 5.92 Å². The topological polar surface area (TPSA) is 75.7 Å². The Morgan fingerprint density at radius 3 is 2.52 bits per heavy atom. The number of amides is 2. The van der Waals surface area contributed by atoms with E-state index in [1.807, 2.05) is 49.4 Å². The summed E-state index contributed by atoms with van der Waals surface area (Å²) in [5.41, 5.74) is 2.34. The highest BCUT2D eigenvalue weighted by Crippen LogP contribution is 2.24. The molecule has 1 aliphatic rings. The van der Waals surface area contributed by atoms with Gasteiger partial charge in [0.2, 0.25) is 11.8 Å². The molecule has 2 amide bonds. The van der Waals surface area contributed by atoms with Crippen LogP contribution < -0.4 is 10.2 Å². The Balaban J connectivity index is 1.43. The summed E-state index contributed by atoms with van der Waals surface area (Å²) in [6.45, 7) is 2.60. The van der Waals surface area contributed by atoms with E-state index in [0.29, 0.717) is 12.1 Å². The fraction of sp³-hybridized carbons (Fsp3) is 0.286. The molecule has 2 aromatic carbocycles. The maximum absolute atomic E-state index is 12.3. The zero-order chi connectivity index (χ0) is 19.2. The lowest BCUT2D eigenvalue weighted by molar-refractivity contribution is -0.126. The van der Waals surface area contributed by atoms with Gasteiger partial charge in [-0.25, -0.2) is 4.79 Å². The van der Waals surface area contributed by atoms with Crippen molar-refractivity contribution in [3.8, 4) is 0 Å². The van der Waals surface area contributed by atoms with Gasteiger partial charge in [-0.05, 0) is 31.2 Å². The summed E-state index contributed by atoms with van der Waals surface area (Å²) in [6, 6.07) is 16.4. The lowest BCUT2D eigenvalue weighted by atomic mass is 10.1. The van der Waals surface area contributed by atoms with Crippen LogP contribution in [0.3, 0.4) is 0 Å². The first-order chi connectivity index (χ1) is 13.0. The summed E-state index contributed by atoms with van der Waals surface area (Å²) in [5.74, 6) is -1.08. The second-order valence-corrected chi connectivity index (χ2v) is 6.53. The first-order valence-corrected chi connectivity index (χ1v) is 8.91. The lowest BCUT2D eigenvalue weighted by Gasteiger charge is -2.16. The normalized spacial score (nSPS) is 16.3. The molecule has 2 aromatic rings. The highest BCUT2D eigenvalue weighted by atomic mass is 16.5. The van der Waals surface area contributed by atoms with Crippen molar-refractivity contribution >= 4 is 23.5 Å². The molecule has 0 unspecified atom stereocenters. The number of carbonyl (C=O) groups excluding carboxylic acids is 3. The number of carbonyl (C=O) groups is 3. The molecule has 1 saturated heterocycles. The van der Waals surface area contributed by atoms with E-state index in [0.717, 1.165) is 11.3 Å². The molecule has 6 nitrogen and oxygen atoms in total. The molecule has 0 aliphatic carbocycles. The number of nitrogens with one attached hydrogen (secondary N) is 1. The van der Waals surface area contributed by atoms with Crippen LogP contribution in [0.5, 0.6) is 0 Å². The molecular weight excluding hydrogens is 344 g/mol. The molecule has 1 N–H and O–H groups in total. The molecule has 0 spiro atoms. The molecule has 1 fully saturated rings. The number of hydrogen-bond acceptors (Lipinski definition) is 4. The Morgan fingerprint density at radius 1 is 1.11 bits per heavy atom. The number of ether oxygens (including phenoxy) is 1. The van der Waals surface area contributed by atoms with Crippen LogP contribution in [0.4, 0.5) is 5.69 Å². The minimum absolute atomic E-state index is 0.0628. The van der Waals surface area contributed by atoms with Gasteiger partial charge in [-0.2, -0.15) is 0 Å². The monoisotopic (exact) mass is 366 g/mol. The van der Waals surface area contributed by atoms with Gasteiger partial charge in [0.1, 0.15) is 6.61 Å². The molecular formula is C21H22N2O4. The highest BCUT2D eigenvalue weighted by Gasteiger charge is 2.34. The number of aryl methyl sites for hydroxylation is 1. The van der Waals surface area contributed by atoms with Gasteiger partial charge >= 0.3 is 5.97 Å².